The van der Waals surface area contributed by atoms with Gasteiger partial charge in [-0.3, -0.25) is 0 Å². The first-order chi connectivity index (χ1) is 4.36. The standard InChI is InChI=1S/C9H14/c1-3-5-9-6-8(4-2)7-9/h2,8-9H,3,5-7H2,1H3. The Bertz CT molecular complexity index is 112. The van der Waals surface area contributed by atoms with Crippen LogP contribution in [0.4, 0.5) is 0 Å². The molecule has 0 amide bonds. The summed E-state index contributed by atoms with van der Waals surface area (Å²) in [6.07, 6.45) is 10.5. The molecule has 0 N–H and O–H groups in total. The summed E-state index contributed by atoms with van der Waals surface area (Å²) in [6.45, 7) is 2.24. The monoisotopic (exact) mass is 122 g/mol. The summed E-state index contributed by atoms with van der Waals surface area (Å²) in [4.78, 5) is 0. The molecule has 0 atom stereocenters. The minimum absolute atomic E-state index is 0.626. The van der Waals surface area contributed by atoms with Crippen molar-refractivity contribution >= 4 is 0 Å². The van der Waals surface area contributed by atoms with Crippen LogP contribution in [0.3, 0.4) is 0 Å². The third-order valence-electron chi connectivity index (χ3n) is 2.17. The van der Waals surface area contributed by atoms with Crippen LogP contribution in [0.15, 0.2) is 0 Å². The Morgan fingerprint density at radius 2 is 2.22 bits per heavy atom. The molecule has 1 rings (SSSR count). The van der Waals surface area contributed by atoms with Gasteiger partial charge in [-0.05, 0) is 18.8 Å². The summed E-state index contributed by atoms with van der Waals surface area (Å²) in [5, 5.41) is 0. The molecule has 1 aliphatic rings. The molecule has 1 fully saturated rings. The van der Waals surface area contributed by atoms with Gasteiger partial charge in [-0.15, -0.1) is 12.3 Å². The molecule has 0 aromatic rings. The second-order valence-corrected chi connectivity index (χ2v) is 2.99. The van der Waals surface area contributed by atoms with E-state index in [-0.39, 0.29) is 0 Å². The zero-order chi connectivity index (χ0) is 6.69. The van der Waals surface area contributed by atoms with Gasteiger partial charge < -0.3 is 0 Å². The Morgan fingerprint density at radius 3 is 2.67 bits per heavy atom. The van der Waals surface area contributed by atoms with Gasteiger partial charge in [0.05, 0.1) is 0 Å². The van der Waals surface area contributed by atoms with E-state index >= 15 is 0 Å². The molecule has 0 spiro atoms. The Labute approximate surface area is 57.7 Å². The minimum atomic E-state index is 0.626. The van der Waals surface area contributed by atoms with Crippen LogP contribution >= 0.6 is 0 Å². The molecule has 50 valence electrons. The van der Waals surface area contributed by atoms with Crippen molar-refractivity contribution in [3.8, 4) is 12.3 Å². The topological polar surface area (TPSA) is 0 Å². The smallest absolute Gasteiger partial charge is 0.0205 e. The average Bonchev–Trinajstić information content (AvgIpc) is 1.77. The van der Waals surface area contributed by atoms with Crippen molar-refractivity contribution in [3.05, 3.63) is 0 Å². The van der Waals surface area contributed by atoms with Crippen molar-refractivity contribution in [1.29, 1.82) is 0 Å². The van der Waals surface area contributed by atoms with Crippen LogP contribution in [-0.2, 0) is 0 Å². The third-order valence-corrected chi connectivity index (χ3v) is 2.17. The largest absolute Gasteiger partial charge is 0.120 e. The van der Waals surface area contributed by atoms with E-state index in [0.717, 1.165) is 5.92 Å². The van der Waals surface area contributed by atoms with Crippen LogP contribution in [0.1, 0.15) is 32.6 Å². The predicted octanol–water partition coefficient (Wildman–Crippen LogP) is 2.45. The summed E-state index contributed by atoms with van der Waals surface area (Å²) < 4.78 is 0. The fraction of sp³-hybridized carbons (Fsp3) is 0.778. The molecule has 0 unspecified atom stereocenters. The maximum atomic E-state index is 5.24. The number of rotatable bonds is 2. The molecule has 0 heterocycles. The molecular weight excluding hydrogens is 108 g/mol. The van der Waals surface area contributed by atoms with Gasteiger partial charge in [0, 0.05) is 5.92 Å². The van der Waals surface area contributed by atoms with E-state index in [0.29, 0.717) is 5.92 Å². The molecule has 0 aliphatic heterocycles. The highest BCUT2D eigenvalue weighted by Gasteiger charge is 2.25. The lowest BCUT2D eigenvalue weighted by molar-refractivity contribution is 0.232. The minimum Gasteiger partial charge on any atom is -0.120 e. The fourth-order valence-electron chi connectivity index (χ4n) is 1.52. The molecule has 0 radical (unpaired) electrons. The van der Waals surface area contributed by atoms with Gasteiger partial charge in [0.15, 0.2) is 0 Å². The van der Waals surface area contributed by atoms with Crippen molar-refractivity contribution in [1.82, 2.24) is 0 Å². The Morgan fingerprint density at radius 1 is 1.56 bits per heavy atom. The van der Waals surface area contributed by atoms with Crippen molar-refractivity contribution in [2.45, 2.75) is 32.6 Å². The summed E-state index contributed by atoms with van der Waals surface area (Å²) in [5.74, 6) is 4.38. The van der Waals surface area contributed by atoms with E-state index in [1.54, 1.807) is 0 Å². The number of terminal acetylenes is 1. The van der Waals surface area contributed by atoms with E-state index in [1.807, 2.05) is 0 Å². The molecular formula is C9H14. The predicted molar refractivity (Wildman–Crippen MR) is 40.0 cm³/mol. The van der Waals surface area contributed by atoms with Gasteiger partial charge in [0.1, 0.15) is 0 Å². The highest BCUT2D eigenvalue weighted by molar-refractivity contribution is 5.00. The molecule has 9 heavy (non-hydrogen) atoms. The zero-order valence-corrected chi connectivity index (χ0v) is 6.06. The van der Waals surface area contributed by atoms with E-state index < -0.39 is 0 Å². The van der Waals surface area contributed by atoms with Gasteiger partial charge in [-0.2, -0.15) is 0 Å². The lowest BCUT2D eigenvalue weighted by Crippen LogP contribution is -2.21. The maximum Gasteiger partial charge on any atom is 0.0205 e. The van der Waals surface area contributed by atoms with E-state index in [1.165, 1.54) is 25.7 Å². The van der Waals surface area contributed by atoms with Gasteiger partial charge in [0.25, 0.3) is 0 Å². The van der Waals surface area contributed by atoms with E-state index in [2.05, 4.69) is 12.8 Å². The Balaban J connectivity index is 2.06. The molecule has 0 heteroatoms. The normalized spacial score (nSPS) is 32.9. The van der Waals surface area contributed by atoms with Crippen LogP contribution in [0.25, 0.3) is 0 Å². The quantitative estimate of drug-likeness (QED) is 0.493. The summed E-state index contributed by atoms with van der Waals surface area (Å²) in [5.41, 5.74) is 0. The van der Waals surface area contributed by atoms with Crippen molar-refractivity contribution in [2.24, 2.45) is 11.8 Å². The van der Waals surface area contributed by atoms with Gasteiger partial charge in [-0.25, -0.2) is 0 Å². The Kier molecular flexibility index (Phi) is 2.16. The van der Waals surface area contributed by atoms with Crippen LogP contribution in [0, 0.1) is 24.2 Å². The second kappa shape index (κ2) is 2.92. The summed E-state index contributed by atoms with van der Waals surface area (Å²) in [6, 6.07) is 0. The van der Waals surface area contributed by atoms with Gasteiger partial charge in [-0.1, -0.05) is 19.8 Å². The first-order valence-electron chi connectivity index (χ1n) is 3.83. The van der Waals surface area contributed by atoms with Gasteiger partial charge >= 0.3 is 0 Å². The van der Waals surface area contributed by atoms with Crippen LogP contribution < -0.4 is 0 Å². The van der Waals surface area contributed by atoms with Crippen molar-refractivity contribution in [3.63, 3.8) is 0 Å². The molecule has 1 saturated carbocycles. The molecule has 0 nitrogen and oxygen atoms in total. The molecule has 0 aromatic heterocycles. The first-order valence-corrected chi connectivity index (χ1v) is 3.83. The molecule has 0 bridgehead atoms. The zero-order valence-electron chi connectivity index (χ0n) is 6.06. The lowest BCUT2D eigenvalue weighted by Gasteiger charge is -2.31. The van der Waals surface area contributed by atoms with Crippen LogP contribution in [-0.4, -0.2) is 0 Å². The lowest BCUT2D eigenvalue weighted by atomic mass is 9.73. The van der Waals surface area contributed by atoms with E-state index in [4.69, 9.17) is 6.42 Å². The van der Waals surface area contributed by atoms with Crippen molar-refractivity contribution < 1.29 is 0 Å². The number of hydrogen-bond acceptors (Lipinski definition) is 0. The van der Waals surface area contributed by atoms with E-state index in [9.17, 15) is 0 Å². The third kappa shape index (κ3) is 1.48. The molecule has 1 aliphatic carbocycles. The summed E-state index contributed by atoms with van der Waals surface area (Å²) >= 11 is 0. The highest BCUT2D eigenvalue weighted by atomic mass is 14.3. The molecule has 0 saturated heterocycles. The van der Waals surface area contributed by atoms with Crippen LogP contribution in [0.5, 0.6) is 0 Å². The second-order valence-electron chi connectivity index (χ2n) is 2.99. The van der Waals surface area contributed by atoms with Crippen LogP contribution in [0.2, 0.25) is 0 Å². The summed E-state index contributed by atoms with van der Waals surface area (Å²) in [7, 11) is 0. The highest BCUT2D eigenvalue weighted by Crippen LogP contribution is 2.35. The molecule has 0 aromatic carbocycles. The van der Waals surface area contributed by atoms with Crippen molar-refractivity contribution in [2.75, 3.05) is 0 Å². The first kappa shape index (κ1) is 6.68. The Hall–Kier alpha value is -0.440. The SMILES string of the molecule is C#CC1CC(CCC)C1. The van der Waals surface area contributed by atoms with Gasteiger partial charge in [0.2, 0.25) is 0 Å². The maximum absolute atomic E-state index is 5.24. The fourth-order valence-corrected chi connectivity index (χ4v) is 1.52. The number of hydrogen-bond donors (Lipinski definition) is 0. The average molecular weight is 122 g/mol.